The lowest BCUT2D eigenvalue weighted by atomic mass is 10.1. The maximum Gasteiger partial charge on any atom is 0.233 e. The zero-order chi connectivity index (χ0) is 12.7. The zero-order valence-corrected chi connectivity index (χ0v) is 11.0. The van der Waals surface area contributed by atoms with E-state index >= 15 is 0 Å². The molecule has 4 nitrogen and oxygen atoms in total. The number of anilines is 1. The summed E-state index contributed by atoms with van der Waals surface area (Å²) in [5, 5.41) is 8.73. The lowest BCUT2D eigenvalue weighted by Crippen LogP contribution is -2.17. The molecule has 17 heavy (non-hydrogen) atoms. The smallest absolute Gasteiger partial charge is 0.233 e. The van der Waals surface area contributed by atoms with Crippen molar-refractivity contribution in [3.05, 3.63) is 29.8 Å². The van der Waals surface area contributed by atoms with E-state index in [1.807, 2.05) is 6.07 Å². The van der Waals surface area contributed by atoms with Crippen molar-refractivity contribution in [2.45, 2.75) is 12.8 Å². The summed E-state index contributed by atoms with van der Waals surface area (Å²) < 4.78 is 25.4. The number of halogens is 1. The second kappa shape index (κ2) is 6.83. The second-order valence-electron chi connectivity index (χ2n) is 3.64. The molecular formula is C11H16ClNO3S. The van der Waals surface area contributed by atoms with Crippen LogP contribution in [0.2, 0.25) is 0 Å². The molecule has 2 N–H and O–H groups in total. The molecule has 0 atom stereocenters. The van der Waals surface area contributed by atoms with Gasteiger partial charge in [-0.15, -0.1) is 11.6 Å². The van der Waals surface area contributed by atoms with Crippen molar-refractivity contribution in [2.75, 3.05) is 23.0 Å². The molecule has 0 aliphatic carbocycles. The minimum Gasteiger partial charge on any atom is -0.396 e. The molecule has 96 valence electrons. The summed E-state index contributed by atoms with van der Waals surface area (Å²) in [5.74, 6) is -0.0328. The minimum atomic E-state index is -3.35. The quantitative estimate of drug-likeness (QED) is 0.744. The van der Waals surface area contributed by atoms with Crippen LogP contribution in [-0.4, -0.2) is 31.8 Å². The van der Waals surface area contributed by atoms with Gasteiger partial charge in [0, 0.05) is 18.2 Å². The first-order valence-corrected chi connectivity index (χ1v) is 7.52. The number of sulfonamides is 1. The molecule has 0 aromatic heterocycles. The normalized spacial score (nSPS) is 11.4. The van der Waals surface area contributed by atoms with Crippen molar-refractivity contribution in [3.8, 4) is 0 Å². The fourth-order valence-corrected chi connectivity index (χ4v) is 2.81. The highest BCUT2D eigenvalue weighted by molar-refractivity contribution is 7.92. The molecule has 0 heterocycles. The van der Waals surface area contributed by atoms with Crippen LogP contribution in [0.1, 0.15) is 12.0 Å². The third-order valence-electron chi connectivity index (χ3n) is 2.17. The van der Waals surface area contributed by atoms with Crippen LogP contribution in [0.25, 0.3) is 0 Å². The van der Waals surface area contributed by atoms with Crippen LogP contribution in [-0.2, 0) is 16.4 Å². The van der Waals surface area contributed by atoms with E-state index in [1.54, 1.807) is 18.2 Å². The van der Waals surface area contributed by atoms with E-state index in [4.69, 9.17) is 16.7 Å². The number of rotatable bonds is 7. The molecule has 6 heteroatoms. The van der Waals surface area contributed by atoms with Crippen LogP contribution in [0.15, 0.2) is 24.3 Å². The van der Waals surface area contributed by atoms with Gasteiger partial charge in [0.1, 0.15) is 0 Å². The summed E-state index contributed by atoms with van der Waals surface area (Å²) in [6.45, 7) is 0.127. The van der Waals surface area contributed by atoms with Gasteiger partial charge in [-0.1, -0.05) is 12.1 Å². The Morgan fingerprint density at radius 1 is 1.35 bits per heavy atom. The Morgan fingerprint density at radius 2 is 2.12 bits per heavy atom. The van der Waals surface area contributed by atoms with E-state index in [9.17, 15) is 8.42 Å². The molecular weight excluding hydrogens is 262 g/mol. The monoisotopic (exact) mass is 277 g/mol. The van der Waals surface area contributed by atoms with E-state index in [1.165, 1.54) is 0 Å². The van der Waals surface area contributed by atoms with Gasteiger partial charge in [0.05, 0.1) is 5.75 Å². The van der Waals surface area contributed by atoms with Crippen LogP contribution < -0.4 is 4.72 Å². The molecule has 0 saturated carbocycles. The standard InChI is InChI=1S/C11H16ClNO3S/c12-6-8-17(15,16)13-11-5-1-3-10(9-11)4-2-7-14/h1,3,5,9,13-14H,2,4,6-8H2. The summed E-state index contributed by atoms with van der Waals surface area (Å²) in [6.07, 6.45) is 1.39. The first kappa shape index (κ1) is 14.3. The van der Waals surface area contributed by atoms with Gasteiger partial charge in [-0.05, 0) is 30.5 Å². The molecule has 1 aromatic carbocycles. The topological polar surface area (TPSA) is 66.4 Å². The van der Waals surface area contributed by atoms with E-state index in [-0.39, 0.29) is 18.2 Å². The highest BCUT2D eigenvalue weighted by Gasteiger charge is 2.09. The Morgan fingerprint density at radius 3 is 2.76 bits per heavy atom. The van der Waals surface area contributed by atoms with Gasteiger partial charge < -0.3 is 5.11 Å². The van der Waals surface area contributed by atoms with Crippen LogP contribution in [0.5, 0.6) is 0 Å². The molecule has 0 saturated heterocycles. The molecule has 0 aliphatic heterocycles. The van der Waals surface area contributed by atoms with Crippen molar-refractivity contribution < 1.29 is 13.5 Å². The zero-order valence-electron chi connectivity index (χ0n) is 9.39. The first-order chi connectivity index (χ1) is 8.07. The highest BCUT2D eigenvalue weighted by atomic mass is 35.5. The Kier molecular flexibility index (Phi) is 5.74. The second-order valence-corrected chi connectivity index (χ2v) is 5.86. The molecule has 0 radical (unpaired) electrons. The van der Waals surface area contributed by atoms with Crippen molar-refractivity contribution >= 4 is 27.3 Å². The van der Waals surface area contributed by atoms with E-state index in [0.717, 1.165) is 12.0 Å². The molecule has 1 rings (SSSR count). The van der Waals surface area contributed by atoms with E-state index in [0.29, 0.717) is 12.1 Å². The number of alkyl halides is 1. The van der Waals surface area contributed by atoms with Crippen molar-refractivity contribution in [3.63, 3.8) is 0 Å². The third kappa shape index (κ3) is 5.39. The van der Waals surface area contributed by atoms with Crippen LogP contribution >= 0.6 is 11.6 Å². The average molecular weight is 278 g/mol. The number of benzene rings is 1. The first-order valence-electron chi connectivity index (χ1n) is 5.33. The molecule has 0 fully saturated rings. The molecule has 1 aromatic rings. The Bertz CT molecular complexity index is 448. The summed E-state index contributed by atoms with van der Waals surface area (Å²) in [6, 6.07) is 7.13. The molecule has 0 aliphatic rings. The van der Waals surface area contributed by atoms with Gasteiger partial charge >= 0.3 is 0 Å². The van der Waals surface area contributed by atoms with Crippen molar-refractivity contribution in [1.29, 1.82) is 0 Å². The fraction of sp³-hybridized carbons (Fsp3) is 0.455. The maximum atomic E-state index is 11.5. The highest BCUT2D eigenvalue weighted by Crippen LogP contribution is 2.13. The Labute approximate surface area is 107 Å². The van der Waals surface area contributed by atoms with Crippen LogP contribution in [0.3, 0.4) is 0 Å². The van der Waals surface area contributed by atoms with Gasteiger partial charge in [0.25, 0.3) is 0 Å². The number of aryl methyl sites for hydroxylation is 1. The van der Waals surface area contributed by atoms with Gasteiger partial charge in [0.2, 0.25) is 10.0 Å². The van der Waals surface area contributed by atoms with E-state index < -0.39 is 10.0 Å². The average Bonchev–Trinajstić information content (AvgIpc) is 2.26. The molecule has 0 bridgehead atoms. The number of aliphatic hydroxyl groups is 1. The van der Waals surface area contributed by atoms with Crippen molar-refractivity contribution in [2.24, 2.45) is 0 Å². The molecule has 0 unspecified atom stereocenters. The van der Waals surface area contributed by atoms with E-state index in [2.05, 4.69) is 4.72 Å². The Balaban J connectivity index is 2.71. The number of hydrogen-bond donors (Lipinski definition) is 2. The fourth-order valence-electron chi connectivity index (χ4n) is 1.41. The summed E-state index contributed by atoms with van der Waals surface area (Å²) in [7, 11) is -3.35. The maximum absolute atomic E-state index is 11.5. The van der Waals surface area contributed by atoms with Crippen molar-refractivity contribution in [1.82, 2.24) is 0 Å². The SMILES string of the molecule is O=S(=O)(CCCl)Nc1cccc(CCCO)c1. The minimum absolute atomic E-state index is 0.0690. The number of aliphatic hydroxyl groups excluding tert-OH is 1. The van der Waals surface area contributed by atoms with Gasteiger partial charge in [-0.2, -0.15) is 0 Å². The summed E-state index contributed by atoms with van der Waals surface area (Å²) in [5.41, 5.74) is 1.52. The predicted octanol–water partition coefficient (Wildman–Crippen LogP) is 1.59. The van der Waals surface area contributed by atoms with Gasteiger partial charge in [0.15, 0.2) is 0 Å². The lowest BCUT2D eigenvalue weighted by Gasteiger charge is -2.08. The Hall–Kier alpha value is -0.780. The third-order valence-corrected chi connectivity index (χ3v) is 3.87. The number of nitrogens with one attached hydrogen (secondary N) is 1. The largest absolute Gasteiger partial charge is 0.396 e. The summed E-state index contributed by atoms with van der Waals surface area (Å²) in [4.78, 5) is 0. The molecule has 0 amide bonds. The lowest BCUT2D eigenvalue weighted by molar-refractivity contribution is 0.288. The molecule has 0 spiro atoms. The summed E-state index contributed by atoms with van der Waals surface area (Å²) >= 11 is 5.41. The predicted molar refractivity (Wildman–Crippen MR) is 70.0 cm³/mol. The van der Waals surface area contributed by atoms with Crippen LogP contribution in [0, 0.1) is 0 Å². The number of hydrogen-bond acceptors (Lipinski definition) is 3. The van der Waals surface area contributed by atoms with Crippen LogP contribution in [0.4, 0.5) is 5.69 Å². The van der Waals surface area contributed by atoms with Gasteiger partial charge in [-0.25, -0.2) is 8.42 Å². The van der Waals surface area contributed by atoms with Gasteiger partial charge in [-0.3, -0.25) is 4.72 Å².